The summed E-state index contributed by atoms with van der Waals surface area (Å²) in [6.07, 6.45) is 0.405. The highest BCUT2D eigenvalue weighted by molar-refractivity contribution is 5.95. The van der Waals surface area contributed by atoms with E-state index >= 15 is 0 Å². The first kappa shape index (κ1) is 18.6. The smallest absolute Gasteiger partial charge is 0.272 e. The van der Waals surface area contributed by atoms with Crippen LogP contribution in [0.15, 0.2) is 18.2 Å². The van der Waals surface area contributed by atoms with Crippen LogP contribution < -0.4 is 15.4 Å². The second-order valence-corrected chi connectivity index (χ2v) is 5.17. The maximum absolute atomic E-state index is 12.2. The third kappa shape index (κ3) is 5.42. The summed E-state index contributed by atoms with van der Waals surface area (Å²) in [6, 6.07) is 4.87. The van der Waals surface area contributed by atoms with Gasteiger partial charge in [-0.1, -0.05) is 12.5 Å². The van der Waals surface area contributed by atoms with Crippen molar-refractivity contribution in [2.75, 3.05) is 18.5 Å². The van der Waals surface area contributed by atoms with Crippen molar-refractivity contribution in [3.8, 4) is 5.75 Å². The van der Waals surface area contributed by atoms with Crippen molar-refractivity contribution in [1.29, 1.82) is 0 Å². The Morgan fingerprint density at radius 2 is 2.23 bits per heavy atom. The van der Waals surface area contributed by atoms with Crippen LogP contribution in [0, 0.1) is 6.92 Å². The summed E-state index contributed by atoms with van der Waals surface area (Å²) >= 11 is 0. The van der Waals surface area contributed by atoms with Crippen LogP contribution in [0.25, 0.3) is 0 Å². The highest BCUT2D eigenvalue weighted by atomic mass is 35.5. The quantitative estimate of drug-likeness (QED) is 0.869. The summed E-state index contributed by atoms with van der Waals surface area (Å²) in [6.45, 7) is 1.96. The fourth-order valence-electron chi connectivity index (χ4n) is 2.29. The molecule has 7 heteroatoms. The summed E-state index contributed by atoms with van der Waals surface area (Å²) < 4.78 is 29.5. The zero-order chi connectivity index (χ0) is 15.2. The normalized spacial score (nSPS) is 17.7. The number of carbonyl (C=O) groups is 1. The predicted molar refractivity (Wildman–Crippen MR) is 84.2 cm³/mol. The lowest BCUT2D eigenvalue weighted by Gasteiger charge is -2.22. The first-order chi connectivity index (χ1) is 10.1. The van der Waals surface area contributed by atoms with Gasteiger partial charge in [-0.2, -0.15) is 0 Å². The van der Waals surface area contributed by atoms with Crippen LogP contribution in [0.5, 0.6) is 5.75 Å². The van der Waals surface area contributed by atoms with Crippen molar-refractivity contribution in [1.82, 2.24) is 5.32 Å². The Balaban J connectivity index is 0.00000242. The van der Waals surface area contributed by atoms with E-state index in [-0.39, 0.29) is 24.4 Å². The molecular weight excluding hydrogens is 314 g/mol. The molecule has 1 amide bonds. The molecule has 124 valence electrons. The number of aryl methyl sites for hydroxylation is 1. The molecule has 0 spiro atoms. The predicted octanol–water partition coefficient (Wildman–Crippen LogP) is 3.14. The van der Waals surface area contributed by atoms with Gasteiger partial charge in [-0.3, -0.25) is 4.79 Å². The number of nitrogens with one attached hydrogen (secondary N) is 2. The van der Waals surface area contributed by atoms with Crippen molar-refractivity contribution in [2.45, 2.75) is 38.7 Å². The molecule has 1 atom stereocenters. The van der Waals surface area contributed by atoms with Crippen molar-refractivity contribution in [3.63, 3.8) is 0 Å². The Hall–Kier alpha value is -1.40. The number of halogens is 3. The molecule has 1 aliphatic rings. The number of rotatable bonds is 5. The molecule has 1 aromatic carbocycles. The molecule has 1 fully saturated rings. The van der Waals surface area contributed by atoms with Gasteiger partial charge < -0.3 is 15.4 Å². The van der Waals surface area contributed by atoms with Gasteiger partial charge in [-0.25, -0.2) is 8.78 Å². The summed E-state index contributed by atoms with van der Waals surface area (Å²) in [7, 11) is 0. The molecule has 4 nitrogen and oxygen atoms in total. The number of anilines is 1. The second-order valence-electron chi connectivity index (χ2n) is 5.17. The Bertz CT molecular complexity index is 494. The lowest BCUT2D eigenvalue weighted by Crippen LogP contribution is -2.43. The average Bonchev–Trinajstić information content (AvgIpc) is 2.48. The number of benzene rings is 1. The molecule has 1 saturated heterocycles. The van der Waals surface area contributed by atoms with E-state index in [4.69, 9.17) is 4.74 Å². The number of alkyl halides is 2. The van der Waals surface area contributed by atoms with Crippen LogP contribution in [0.2, 0.25) is 0 Å². The SMILES string of the molecule is Cc1ccc(NC(=O)C2CCCCN2)cc1OCC(F)F.Cl. The van der Waals surface area contributed by atoms with E-state index < -0.39 is 13.0 Å². The first-order valence-corrected chi connectivity index (χ1v) is 7.12. The fourth-order valence-corrected chi connectivity index (χ4v) is 2.29. The molecule has 0 aromatic heterocycles. The van der Waals surface area contributed by atoms with Crippen LogP contribution in [0.4, 0.5) is 14.5 Å². The topological polar surface area (TPSA) is 50.4 Å². The molecule has 1 heterocycles. The van der Waals surface area contributed by atoms with Crippen LogP contribution in [-0.2, 0) is 4.79 Å². The van der Waals surface area contributed by atoms with E-state index in [0.717, 1.165) is 31.4 Å². The highest BCUT2D eigenvalue weighted by Crippen LogP contribution is 2.23. The number of hydrogen-bond acceptors (Lipinski definition) is 3. The van der Waals surface area contributed by atoms with Crippen LogP contribution in [-0.4, -0.2) is 31.5 Å². The Labute approximate surface area is 135 Å². The lowest BCUT2D eigenvalue weighted by molar-refractivity contribution is -0.118. The number of ether oxygens (including phenoxy) is 1. The van der Waals surface area contributed by atoms with E-state index in [0.29, 0.717) is 11.4 Å². The van der Waals surface area contributed by atoms with Crippen LogP contribution >= 0.6 is 12.4 Å². The van der Waals surface area contributed by atoms with E-state index in [1.54, 1.807) is 25.1 Å². The monoisotopic (exact) mass is 334 g/mol. The average molecular weight is 335 g/mol. The largest absolute Gasteiger partial charge is 0.487 e. The molecule has 0 bridgehead atoms. The Morgan fingerprint density at radius 1 is 1.45 bits per heavy atom. The van der Waals surface area contributed by atoms with Gasteiger partial charge in [0, 0.05) is 11.8 Å². The van der Waals surface area contributed by atoms with Gasteiger partial charge in [-0.15, -0.1) is 12.4 Å². The standard InChI is InChI=1S/C15H20F2N2O2.ClH/c1-10-5-6-11(8-13(10)21-9-14(16)17)19-15(20)12-4-2-3-7-18-12;/h5-6,8,12,14,18H,2-4,7,9H2,1H3,(H,19,20);1H. The second kappa shape index (κ2) is 8.90. The molecule has 1 aliphatic heterocycles. The van der Waals surface area contributed by atoms with Gasteiger partial charge in [0.15, 0.2) is 0 Å². The van der Waals surface area contributed by atoms with Crippen LogP contribution in [0.1, 0.15) is 24.8 Å². The van der Waals surface area contributed by atoms with Gasteiger partial charge in [0.25, 0.3) is 6.43 Å². The zero-order valence-electron chi connectivity index (χ0n) is 12.4. The maximum atomic E-state index is 12.2. The van der Waals surface area contributed by atoms with E-state index in [1.165, 1.54) is 0 Å². The van der Waals surface area contributed by atoms with Gasteiger partial charge in [0.05, 0.1) is 6.04 Å². The minimum absolute atomic E-state index is 0. The van der Waals surface area contributed by atoms with Crippen molar-refractivity contribution < 1.29 is 18.3 Å². The fraction of sp³-hybridized carbons (Fsp3) is 0.533. The minimum Gasteiger partial charge on any atom is -0.487 e. The molecule has 0 saturated carbocycles. The number of piperidine rings is 1. The van der Waals surface area contributed by atoms with Crippen molar-refractivity contribution >= 4 is 24.0 Å². The van der Waals surface area contributed by atoms with Crippen LogP contribution in [0.3, 0.4) is 0 Å². The molecule has 1 aromatic rings. The number of hydrogen-bond donors (Lipinski definition) is 2. The van der Waals surface area contributed by atoms with Crippen molar-refractivity contribution in [2.24, 2.45) is 0 Å². The molecular formula is C15H21ClF2N2O2. The maximum Gasteiger partial charge on any atom is 0.272 e. The van der Waals surface area contributed by atoms with E-state index in [9.17, 15) is 13.6 Å². The Kier molecular flexibility index (Phi) is 7.55. The zero-order valence-corrected chi connectivity index (χ0v) is 13.2. The molecule has 2 rings (SSSR count). The third-order valence-electron chi connectivity index (χ3n) is 3.45. The summed E-state index contributed by atoms with van der Waals surface area (Å²) in [5.41, 5.74) is 1.31. The molecule has 0 radical (unpaired) electrons. The highest BCUT2D eigenvalue weighted by Gasteiger charge is 2.20. The molecule has 1 unspecified atom stereocenters. The minimum atomic E-state index is -2.52. The molecule has 2 N–H and O–H groups in total. The number of carbonyl (C=O) groups excluding carboxylic acids is 1. The summed E-state index contributed by atoms with van der Waals surface area (Å²) in [4.78, 5) is 12.1. The van der Waals surface area contributed by atoms with Gasteiger partial charge in [0.2, 0.25) is 5.91 Å². The molecule has 22 heavy (non-hydrogen) atoms. The number of amides is 1. The third-order valence-corrected chi connectivity index (χ3v) is 3.45. The van der Waals surface area contributed by atoms with Gasteiger partial charge in [0.1, 0.15) is 12.4 Å². The van der Waals surface area contributed by atoms with Gasteiger partial charge >= 0.3 is 0 Å². The Morgan fingerprint density at radius 3 is 2.86 bits per heavy atom. The summed E-state index contributed by atoms with van der Waals surface area (Å²) in [5.74, 6) is 0.267. The van der Waals surface area contributed by atoms with E-state index in [1.807, 2.05) is 0 Å². The van der Waals surface area contributed by atoms with Crippen molar-refractivity contribution in [3.05, 3.63) is 23.8 Å². The lowest BCUT2D eigenvalue weighted by atomic mass is 10.0. The van der Waals surface area contributed by atoms with E-state index in [2.05, 4.69) is 10.6 Å². The van der Waals surface area contributed by atoms with Gasteiger partial charge in [-0.05, 0) is 37.9 Å². The first-order valence-electron chi connectivity index (χ1n) is 7.12. The molecule has 0 aliphatic carbocycles. The summed E-state index contributed by atoms with van der Waals surface area (Å²) in [5, 5.41) is 5.96.